The Morgan fingerprint density at radius 2 is 1.75 bits per heavy atom. The molecule has 7 heteroatoms. The lowest BCUT2D eigenvalue weighted by atomic mass is 10.1. The van der Waals surface area contributed by atoms with Gasteiger partial charge in [-0.3, -0.25) is 9.69 Å². The lowest BCUT2D eigenvalue weighted by molar-refractivity contribution is -0.122. The minimum Gasteiger partial charge on any atom is -0.493 e. The lowest BCUT2D eigenvalue weighted by Crippen LogP contribution is -2.27. The van der Waals surface area contributed by atoms with Crippen molar-refractivity contribution in [2.24, 2.45) is 0 Å². The van der Waals surface area contributed by atoms with Gasteiger partial charge in [0.1, 0.15) is 10.9 Å². The molecule has 0 N–H and O–H groups in total. The first-order chi connectivity index (χ1) is 15.5. The summed E-state index contributed by atoms with van der Waals surface area (Å²) in [5, 5.41) is 0.685. The van der Waals surface area contributed by atoms with Crippen molar-refractivity contribution in [2.45, 2.75) is 13.2 Å². The summed E-state index contributed by atoms with van der Waals surface area (Å²) in [7, 11) is 1.59. The van der Waals surface area contributed by atoms with Crippen molar-refractivity contribution in [1.29, 1.82) is 0 Å². The highest BCUT2D eigenvalue weighted by molar-refractivity contribution is 8.26. The Morgan fingerprint density at radius 3 is 2.47 bits per heavy atom. The number of methoxy groups -OCH3 is 1. The summed E-state index contributed by atoms with van der Waals surface area (Å²) in [6.45, 7) is 0.856. The van der Waals surface area contributed by atoms with Crippen LogP contribution in [0.15, 0.2) is 77.7 Å². The summed E-state index contributed by atoms with van der Waals surface area (Å²) in [5.41, 5.74) is 2.87. The molecule has 0 aliphatic carbocycles. The number of ether oxygens (including phenoxy) is 2. The van der Waals surface area contributed by atoms with Crippen molar-refractivity contribution in [3.05, 3.63) is 99.4 Å². The van der Waals surface area contributed by atoms with Crippen LogP contribution in [0.25, 0.3) is 6.08 Å². The summed E-state index contributed by atoms with van der Waals surface area (Å²) >= 11 is 12.7. The van der Waals surface area contributed by atoms with Gasteiger partial charge in [0.25, 0.3) is 5.91 Å². The van der Waals surface area contributed by atoms with E-state index in [0.717, 1.165) is 16.7 Å². The van der Waals surface area contributed by atoms with E-state index in [1.54, 1.807) is 12.0 Å². The third kappa shape index (κ3) is 5.33. The van der Waals surface area contributed by atoms with Gasteiger partial charge in [0.15, 0.2) is 11.5 Å². The highest BCUT2D eigenvalue weighted by Crippen LogP contribution is 2.35. The van der Waals surface area contributed by atoms with Crippen LogP contribution in [0, 0.1) is 0 Å². The quantitative estimate of drug-likeness (QED) is 0.291. The van der Waals surface area contributed by atoms with Crippen molar-refractivity contribution < 1.29 is 14.3 Å². The molecule has 1 heterocycles. The van der Waals surface area contributed by atoms with Crippen molar-refractivity contribution in [1.82, 2.24) is 4.90 Å². The number of carbonyl (C=O) groups is 1. The van der Waals surface area contributed by atoms with Gasteiger partial charge in [0, 0.05) is 5.02 Å². The predicted molar refractivity (Wildman–Crippen MR) is 134 cm³/mol. The molecule has 0 unspecified atom stereocenters. The molecule has 0 radical (unpaired) electrons. The van der Waals surface area contributed by atoms with Gasteiger partial charge in [-0.05, 0) is 47.0 Å². The molecule has 1 fully saturated rings. The van der Waals surface area contributed by atoms with Gasteiger partial charge in [-0.25, -0.2) is 0 Å². The highest BCUT2D eigenvalue weighted by atomic mass is 35.5. The largest absolute Gasteiger partial charge is 0.493 e. The number of nitrogens with zero attached hydrogens (tertiary/aromatic N) is 1. The topological polar surface area (TPSA) is 38.8 Å². The number of thiocarbonyl (C=S) groups is 1. The Kier molecular flexibility index (Phi) is 7.15. The average Bonchev–Trinajstić information content (AvgIpc) is 3.07. The van der Waals surface area contributed by atoms with Crippen LogP contribution in [0.1, 0.15) is 16.7 Å². The third-order valence-corrected chi connectivity index (χ3v) is 6.48. The Balaban J connectivity index is 1.48. The lowest BCUT2D eigenvalue weighted by Gasteiger charge is -2.14. The van der Waals surface area contributed by atoms with Gasteiger partial charge in [-0.2, -0.15) is 0 Å². The van der Waals surface area contributed by atoms with E-state index >= 15 is 0 Å². The minimum absolute atomic E-state index is 0.0918. The molecule has 1 aliphatic heterocycles. The molecule has 4 nitrogen and oxygen atoms in total. The molecule has 0 spiro atoms. The zero-order chi connectivity index (χ0) is 22.5. The molecule has 1 aliphatic rings. The first-order valence-electron chi connectivity index (χ1n) is 9.88. The molecule has 0 atom stereocenters. The van der Waals surface area contributed by atoms with Gasteiger partial charge in [0.2, 0.25) is 0 Å². The average molecular weight is 482 g/mol. The number of thioether (sulfide) groups is 1. The standard InChI is InChI=1S/C25H20ClNO3S2/c1-29-22-13-19(9-12-21(22)30-16-18-7-10-20(26)11-8-18)14-23-24(28)27(25(31)32-23)15-17-5-3-2-4-6-17/h2-14H,15-16H2,1H3/b23-14+. The second kappa shape index (κ2) is 10.2. The molecule has 3 aromatic carbocycles. The fourth-order valence-electron chi connectivity index (χ4n) is 3.19. The zero-order valence-electron chi connectivity index (χ0n) is 17.3. The number of benzene rings is 3. The van der Waals surface area contributed by atoms with Crippen LogP contribution in [0.5, 0.6) is 11.5 Å². The summed E-state index contributed by atoms with van der Waals surface area (Å²) in [5.74, 6) is 1.12. The molecule has 1 amide bonds. The number of hydrogen-bond donors (Lipinski definition) is 0. The normalized spacial score (nSPS) is 14.8. The maximum atomic E-state index is 12.9. The zero-order valence-corrected chi connectivity index (χ0v) is 19.7. The van der Waals surface area contributed by atoms with Crippen LogP contribution in [-0.4, -0.2) is 22.2 Å². The predicted octanol–water partition coefficient (Wildman–Crippen LogP) is 6.33. The first-order valence-corrected chi connectivity index (χ1v) is 11.5. The summed E-state index contributed by atoms with van der Waals surface area (Å²) in [6.07, 6.45) is 1.83. The summed E-state index contributed by atoms with van der Waals surface area (Å²) < 4.78 is 12.0. The summed E-state index contributed by atoms with van der Waals surface area (Å²) in [6, 6.07) is 22.9. The van der Waals surface area contributed by atoms with Crippen LogP contribution < -0.4 is 9.47 Å². The molecule has 3 aromatic rings. The van der Waals surface area contributed by atoms with Gasteiger partial charge in [-0.15, -0.1) is 0 Å². The molecule has 1 saturated heterocycles. The third-order valence-electron chi connectivity index (χ3n) is 4.85. The van der Waals surface area contributed by atoms with Crippen molar-refractivity contribution >= 4 is 51.9 Å². The van der Waals surface area contributed by atoms with E-state index in [-0.39, 0.29) is 5.91 Å². The van der Waals surface area contributed by atoms with Crippen LogP contribution in [-0.2, 0) is 17.9 Å². The highest BCUT2D eigenvalue weighted by Gasteiger charge is 2.32. The van der Waals surface area contributed by atoms with E-state index in [2.05, 4.69) is 0 Å². The van der Waals surface area contributed by atoms with E-state index in [4.69, 9.17) is 33.3 Å². The molecule has 32 heavy (non-hydrogen) atoms. The molecule has 162 valence electrons. The van der Waals surface area contributed by atoms with E-state index < -0.39 is 0 Å². The maximum absolute atomic E-state index is 12.9. The number of rotatable bonds is 7. The molecule has 4 rings (SSSR count). The SMILES string of the molecule is COc1cc(/C=C2/SC(=S)N(Cc3ccccc3)C2=O)ccc1OCc1ccc(Cl)cc1. The number of halogens is 1. The van der Waals surface area contributed by atoms with Gasteiger partial charge in [-0.1, -0.05) is 84.1 Å². The number of hydrogen-bond acceptors (Lipinski definition) is 5. The Labute approximate surface area is 201 Å². The molecular weight excluding hydrogens is 462 g/mol. The fraction of sp³-hybridized carbons (Fsp3) is 0.120. The second-order valence-corrected chi connectivity index (χ2v) is 9.19. The summed E-state index contributed by atoms with van der Waals surface area (Å²) in [4.78, 5) is 15.1. The van der Waals surface area contributed by atoms with E-state index in [0.29, 0.717) is 38.9 Å². The smallest absolute Gasteiger partial charge is 0.266 e. The monoisotopic (exact) mass is 481 g/mol. The van der Waals surface area contributed by atoms with Crippen LogP contribution in [0.4, 0.5) is 0 Å². The second-order valence-electron chi connectivity index (χ2n) is 7.08. The van der Waals surface area contributed by atoms with Crippen molar-refractivity contribution in [3.63, 3.8) is 0 Å². The Bertz CT molecular complexity index is 1160. The fourth-order valence-corrected chi connectivity index (χ4v) is 4.57. The van der Waals surface area contributed by atoms with E-state index in [1.807, 2.05) is 78.9 Å². The Hall–Kier alpha value is -2.80. The van der Waals surface area contributed by atoms with Crippen LogP contribution >= 0.6 is 35.6 Å². The van der Waals surface area contributed by atoms with Gasteiger partial charge < -0.3 is 9.47 Å². The van der Waals surface area contributed by atoms with Crippen molar-refractivity contribution in [3.8, 4) is 11.5 Å². The minimum atomic E-state index is -0.0918. The molecule has 0 aromatic heterocycles. The van der Waals surface area contributed by atoms with E-state index in [1.165, 1.54) is 11.8 Å². The van der Waals surface area contributed by atoms with E-state index in [9.17, 15) is 4.79 Å². The van der Waals surface area contributed by atoms with Crippen molar-refractivity contribution in [2.75, 3.05) is 7.11 Å². The van der Waals surface area contributed by atoms with Gasteiger partial charge >= 0.3 is 0 Å². The van der Waals surface area contributed by atoms with Gasteiger partial charge in [0.05, 0.1) is 18.6 Å². The molecule has 0 bridgehead atoms. The number of carbonyl (C=O) groups excluding carboxylic acids is 1. The molecule has 0 saturated carbocycles. The first kappa shape index (κ1) is 22.4. The van der Waals surface area contributed by atoms with Crippen LogP contribution in [0.2, 0.25) is 5.02 Å². The maximum Gasteiger partial charge on any atom is 0.266 e. The van der Waals surface area contributed by atoms with Crippen LogP contribution in [0.3, 0.4) is 0 Å². The molecular formula is C25H20ClNO3S2. The Morgan fingerprint density at radius 1 is 1.00 bits per heavy atom. The number of amides is 1.